The molecule has 1 heterocycles. The van der Waals surface area contributed by atoms with Crippen LogP contribution in [-0.2, 0) is 14.4 Å². The van der Waals surface area contributed by atoms with Crippen molar-refractivity contribution in [3.63, 3.8) is 0 Å². The molecule has 0 spiro atoms. The summed E-state index contributed by atoms with van der Waals surface area (Å²) in [5.74, 6) is -1.74. The zero-order chi connectivity index (χ0) is 17.5. The Morgan fingerprint density at radius 3 is 2.83 bits per heavy atom. The predicted octanol–water partition coefficient (Wildman–Crippen LogP) is 2.25. The Labute approximate surface area is 142 Å². The monoisotopic (exact) mass is 348 g/mol. The number of azo groups is 1. The van der Waals surface area contributed by atoms with Crippen LogP contribution in [0.15, 0.2) is 39.5 Å². The fourth-order valence-electron chi connectivity index (χ4n) is 1.91. The van der Waals surface area contributed by atoms with Crippen molar-refractivity contribution in [1.82, 2.24) is 0 Å². The van der Waals surface area contributed by atoms with E-state index in [1.54, 1.807) is 6.07 Å². The lowest BCUT2D eigenvalue weighted by Gasteiger charge is -2.11. The first kappa shape index (κ1) is 17.8. The van der Waals surface area contributed by atoms with Gasteiger partial charge in [-0.15, -0.1) is 5.11 Å². The number of benzene rings is 1. The summed E-state index contributed by atoms with van der Waals surface area (Å²) >= 11 is 0.999. The third kappa shape index (κ3) is 5.58. The van der Waals surface area contributed by atoms with Gasteiger partial charge in [0.05, 0.1) is 5.75 Å². The van der Waals surface area contributed by atoms with Gasteiger partial charge in [-0.05, 0) is 31.0 Å². The zero-order valence-corrected chi connectivity index (χ0v) is 13.7. The van der Waals surface area contributed by atoms with Crippen LogP contribution < -0.4 is 5.32 Å². The molecule has 0 aromatic heterocycles. The number of anilines is 1. The van der Waals surface area contributed by atoms with Crippen molar-refractivity contribution in [1.29, 1.82) is 0 Å². The first-order valence-corrected chi connectivity index (χ1v) is 8.17. The number of aliphatic carboxylic acids is 1. The second kappa shape index (κ2) is 8.34. The summed E-state index contributed by atoms with van der Waals surface area (Å²) in [6, 6.07) is 6.54. The van der Waals surface area contributed by atoms with Crippen LogP contribution in [-0.4, -0.2) is 39.9 Å². The van der Waals surface area contributed by atoms with Crippen molar-refractivity contribution < 1.29 is 19.5 Å². The summed E-state index contributed by atoms with van der Waals surface area (Å²) in [4.78, 5) is 37.9. The number of amidine groups is 1. The maximum Gasteiger partial charge on any atom is 0.303 e. The lowest BCUT2D eigenvalue weighted by Crippen LogP contribution is -2.22. The summed E-state index contributed by atoms with van der Waals surface area (Å²) in [6.45, 7) is 1.92. The molecule has 1 unspecified atom stereocenters. The van der Waals surface area contributed by atoms with Crippen molar-refractivity contribution in [2.45, 2.75) is 25.8 Å². The summed E-state index contributed by atoms with van der Waals surface area (Å²) in [5, 5.41) is 19.0. The van der Waals surface area contributed by atoms with E-state index in [-0.39, 0.29) is 29.7 Å². The van der Waals surface area contributed by atoms with Crippen LogP contribution in [0.4, 0.5) is 5.69 Å². The fourth-order valence-corrected chi connectivity index (χ4v) is 2.50. The van der Waals surface area contributed by atoms with E-state index in [9.17, 15) is 14.4 Å². The van der Waals surface area contributed by atoms with Gasteiger partial charge >= 0.3 is 5.97 Å². The molecule has 0 bridgehead atoms. The quantitative estimate of drug-likeness (QED) is 0.817. The number of hydrogen-bond acceptors (Lipinski definition) is 6. The molecule has 1 aromatic rings. The number of amides is 2. The lowest BCUT2D eigenvalue weighted by atomic mass is 10.1. The number of nitrogens with one attached hydrogen (secondary N) is 1. The van der Waals surface area contributed by atoms with Crippen LogP contribution in [0.5, 0.6) is 0 Å². The molecule has 8 nitrogen and oxygen atoms in total. The highest BCUT2D eigenvalue weighted by molar-refractivity contribution is 8.14. The Morgan fingerprint density at radius 2 is 2.17 bits per heavy atom. The van der Waals surface area contributed by atoms with E-state index in [0.29, 0.717) is 5.69 Å². The van der Waals surface area contributed by atoms with Crippen molar-refractivity contribution in [2.24, 2.45) is 15.2 Å². The Morgan fingerprint density at radius 1 is 1.38 bits per heavy atom. The Bertz CT molecular complexity index is 717. The molecule has 0 aliphatic carbocycles. The normalized spacial score (nSPS) is 16.6. The van der Waals surface area contributed by atoms with Crippen molar-refractivity contribution in [3.05, 3.63) is 29.8 Å². The SMILES string of the molecule is Cc1cccc(NC(=O)CSC2=NC(=O)C(CCC(=O)O)N=N2)c1. The summed E-state index contributed by atoms with van der Waals surface area (Å²) in [5.41, 5.74) is 1.72. The van der Waals surface area contributed by atoms with Crippen LogP contribution in [0.25, 0.3) is 0 Å². The summed E-state index contributed by atoms with van der Waals surface area (Å²) in [6.07, 6.45) is -0.112. The van der Waals surface area contributed by atoms with Gasteiger partial charge in [0, 0.05) is 12.1 Å². The minimum absolute atomic E-state index is 0.0405. The van der Waals surface area contributed by atoms with Crippen LogP contribution in [0.1, 0.15) is 18.4 Å². The minimum atomic E-state index is -1.00. The van der Waals surface area contributed by atoms with E-state index in [0.717, 1.165) is 17.3 Å². The topological polar surface area (TPSA) is 121 Å². The highest BCUT2D eigenvalue weighted by Crippen LogP contribution is 2.17. The summed E-state index contributed by atoms with van der Waals surface area (Å²) in [7, 11) is 0. The maximum atomic E-state index is 11.9. The Balaban J connectivity index is 1.81. The number of carbonyl (C=O) groups is 3. The van der Waals surface area contributed by atoms with E-state index < -0.39 is 17.9 Å². The van der Waals surface area contributed by atoms with Gasteiger partial charge < -0.3 is 10.4 Å². The number of nitrogens with zero attached hydrogens (tertiary/aromatic N) is 3. The molecule has 24 heavy (non-hydrogen) atoms. The molecule has 9 heteroatoms. The number of carbonyl (C=O) groups excluding carboxylic acids is 2. The number of aliphatic imine (C=N–C) groups is 1. The van der Waals surface area contributed by atoms with E-state index in [4.69, 9.17) is 5.11 Å². The number of carboxylic acid groups (broad SMARTS) is 1. The van der Waals surface area contributed by atoms with Crippen molar-refractivity contribution in [2.75, 3.05) is 11.1 Å². The van der Waals surface area contributed by atoms with Gasteiger partial charge in [-0.1, -0.05) is 23.9 Å². The lowest BCUT2D eigenvalue weighted by molar-refractivity contribution is -0.137. The van der Waals surface area contributed by atoms with Gasteiger partial charge in [-0.2, -0.15) is 10.1 Å². The molecule has 0 saturated heterocycles. The largest absolute Gasteiger partial charge is 0.481 e. The predicted molar refractivity (Wildman–Crippen MR) is 90.2 cm³/mol. The Kier molecular flexibility index (Phi) is 6.19. The number of rotatable bonds is 6. The molecular formula is C15H16N4O4S. The van der Waals surface area contributed by atoms with Crippen molar-refractivity contribution >= 4 is 40.4 Å². The first-order valence-electron chi connectivity index (χ1n) is 7.18. The van der Waals surface area contributed by atoms with E-state index in [1.807, 2.05) is 25.1 Å². The maximum absolute atomic E-state index is 11.9. The smallest absolute Gasteiger partial charge is 0.303 e. The minimum Gasteiger partial charge on any atom is -0.481 e. The molecule has 1 aliphatic rings. The Hall–Kier alpha value is -2.55. The first-order chi connectivity index (χ1) is 11.4. The van der Waals surface area contributed by atoms with Crippen LogP contribution >= 0.6 is 11.8 Å². The number of carboxylic acids is 1. The van der Waals surface area contributed by atoms with Gasteiger partial charge in [-0.3, -0.25) is 14.4 Å². The number of aryl methyl sites for hydroxylation is 1. The molecule has 126 valence electrons. The average molecular weight is 348 g/mol. The average Bonchev–Trinajstić information content (AvgIpc) is 2.52. The highest BCUT2D eigenvalue weighted by Gasteiger charge is 2.23. The van der Waals surface area contributed by atoms with Gasteiger partial charge in [0.1, 0.15) is 0 Å². The van der Waals surface area contributed by atoms with Crippen LogP contribution in [0, 0.1) is 6.92 Å². The molecule has 1 atom stereocenters. The molecule has 1 aliphatic heterocycles. The zero-order valence-electron chi connectivity index (χ0n) is 12.9. The molecule has 1 aromatic carbocycles. The summed E-state index contributed by atoms with van der Waals surface area (Å²) < 4.78 is 0. The molecular weight excluding hydrogens is 332 g/mol. The molecule has 2 rings (SSSR count). The third-order valence-corrected chi connectivity index (χ3v) is 3.88. The third-order valence-electron chi connectivity index (χ3n) is 3.04. The second-order valence-corrected chi connectivity index (χ2v) is 6.05. The van der Waals surface area contributed by atoms with Gasteiger partial charge in [0.25, 0.3) is 5.91 Å². The molecule has 2 N–H and O–H groups in total. The second-order valence-electron chi connectivity index (χ2n) is 5.10. The van der Waals surface area contributed by atoms with Gasteiger partial charge in [0.15, 0.2) is 6.04 Å². The van der Waals surface area contributed by atoms with Gasteiger partial charge in [0.2, 0.25) is 11.1 Å². The van der Waals surface area contributed by atoms with E-state index in [1.165, 1.54) is 0 Å². The number of hydrogen-bond donors (Lipinski definition) is 2. The van der Waals surface area contributed by atoms with Crippen LogP contribution in [0.3, 0.4) is 0 Å². The standard InChI is InChI=1S/C15H16N4O4S/c1-9-3-2-4-10(7-9)16-12(20)8-24-15-17-14(23)11(18-19-15)5-6-13(21)22/h2-4,7,11H,5-6,8H2,1H3,(H,16,20)(H,21,22). The molecule has 2 amide bonds. The van der Waals surface area contributed by atoms with E-state index >= 15 is 0 Å². The van der Waals surface area contributed by atoms with E-state index in [2.05, 4.69) is 20.5 Å². The molecule has 0 fully saturated rings. The van der Waals surface area contributed by atoms with Crippen molar-refractivity contribution in [3.8, 4) is 0 Å². The van der Waals surface area contributed by atoms with Crippen LogP contribution in [0.2, 0.25) is 0 Å². The number of thioether (sulfide) groups is 1. The molecule has 0 radical (unpaired) electrons. The highest BCUT2D eigenvalue weighted by atomic mass is 32.2. The fraction of sp³-hybridized carbons (Fsp3) is 0.333. The van der Waals surface area contributed by atoms with Gasteiger partial charge in [-0.25, -0.2) is 0 Å². The molecule has 0 saturated carbocycles.